The summed E-state index contributed by atoms with van der Waals surface area (Å²) in [4.78, 5) is 13.1. The van der Waals surface area contributed by atoms with Gasteiger partial charge in [0.05, 0.1) is 6.04 Å². The van der Waals surface area contributed by atoms with E-state index in [4.69, 9.17) is 5.11 Å². The molecule has 0 saturated heterocycles. The third kappa shape index (κ3) is 1.16. The molecule has 2 atom stereocenters. The van der Waals surface area contributed by atoms with E-state index in [1.807, 2.05) is 32.2 Å². The van der Waals surface area contributed by atoms with Crippen LogP contribution in [0, 0.1) is 5.92 Å². The third-order valence-corrected chi connectivity index (χ3v) is 2.98. The Morgan fingerprint density at radius 3 is 2.93 bits per heavy atom. The zero-order valence-electron chi connectivity index (χ0n) is 8.27. The van der Waals surface area contributed by atoms with Gasteiger partial charge in [-0.1, -0.05) is 24.3 Å². The minimum absolute atomic E-state index is 0.0162. The van der Waals surface area contributed by atoms with Crippen LogP contribution >= 0.6 is 0 Å². The van der Waals surface area contributed by atoms with Gasteiger partial charge in [-0.05, 0) is 6.92 Å². The minimum atomic E-state index is -0.816. The molecule has 0 spiro atoms. The Morgan fingerprint density at radius 1 is 1.57 bits per heavy atom. The van der Waals surface area contributed by atoms with Crippen molar-refractivity contribution in [3.05, 3.63) is 35.6 Å². The molecule has 0 aromatic rings. The Labute approximate surface area is 83.0 Å². The lowest BCUT2D eigenvalue weighted by molar-refractivity contribution is -0.133. The van der Waals surface area contributed by atoms with E-state index in [0.717, 1.165) is 5.70 Å². The van der Waals surface area contributed by atoms with Crippen LogP contribution in [0.3, 0.4) is 0 Å². The van der Waals surface area contributed by atoms with Crippen molar-refractivity contribution in [1.82, 2.24) is 4.90 Å². The van der Waals surface area contributed by atoms with E-state index in [2.05, 4.69) is 4.90 Å². The van der Waals surface area contributed by atoms with Gasteiger partial charge in [-0.25, -0.2) is 4.79 Å². The monoisotopic (exact) mass is 191 g/mol. The molecule has 0 aromatic heterocycles. The normalized spacial score (nSPS) is 29.7. The first kappa shape index (κ1) is 9.06. The Kier molecular flexibility index (Phi) is 1.95. The average molecular weight is 191 g/mol. The Balaban J connectivity index is 2.37. The van der Waals surface area contributed by atoms with Crippen LogP contribution in [0.4, 0.5) is 0 Å². The fraction of sp³-hybridized carbons (Fsp3) is 0.364. The largest absolute Gasteiger partial charge is 0.478 e. The number of carbonyl (C=O) groups is 1. The molecule has 2 unspecified atom stereocenters. The van der Waals surface area contributed by atoms with Crippen LogP contribution in [0.25, 0.3) is 0 Å². The Morgan fingerprint density at radius 2 is 2.29 bits per heavy atom. The summed E-state index contributed by atoms with van der Waals surface area (Å²) in [5, 5.41) is 9.01. The highest BCUT2D eigenvalue weighted by Crippen LogP contribution is 2.34. The van der Waals surface area contributed by atoms with Gasteiger partial charge in [0.15, 0.2) is 0 Å². The number of rotatable bonds is 1. The summed E-state index contributed by atoms with van der Waals surface area (Å²) >= 11 is 0. The molecule has 0 aromatic carbocycles. The van der Waals surface area contributed by atoms with Crippen molar-refractivity contribution < 1.29 is 9.90 Å². The highest BCUT2D eigenvalue weighted by atomic mass is 16.4. The van der Waals surface area contributed by atoms with Crippen LogP contribution in [-0.2, 0) is 4.79 Å². The first-order chi connectivity index (χ1) is 6.61. The van der Waals surface area contributed by atoms with E-state index >= 15 is 0 Å². The molecule has 0 bridgehead atoms. The molecule has 74 valence electrons. The number of likely N-dealkylation sites (N-methyl/N-ethyl adjacent to an activating group) is 1. The predicted molar refractivity (Wildman–Crippen MR) is 53.7 cm³/mol. The van der Waals surface area contributed by atoms with E-state index in [9.17, 15) is 4.79 Å². The van der Waals surface area contributed by atoms with E-state index in [1.54, 1.807) is 6.08 Å². The molecular weight excluding hydrogens is 178 g/mol. The summed E-state index contributed by atoms with van der Waals surface area (Å²) in [6.45, 7) is 2.01. The molecule has 3 heteroatoms. The lowest BCUT2D eigenvalue weighted by atomic mass is 9.89. The van der Waals surface area contributed by atoms with E-state index in [0.29, 0.717) is 5.57 Å². The number of aliphatic carboxylic acids is 1. The summed E-state index contributed by atoms with van der Waals surface area (Å²) in [6, 6.07) is 0.186. The number of allylic oxidation sites excluding steroid dienone is 3. The van der Waals surface area contributed by atoms with E-state index in [-0.39, 0.29) is 12.0 Å². The van der Waals surface area contributed by atoms with Crippen molar-refractivity contribution in [2.75, 3.05) is 7.05 Å². The van der Waals surface area contributed by atoms with Gasteiger partial charge in [-0.15, -0.1) is 0 Å². The molecule has 1 heterocycles. The standard InChI is InChI=1S/C11H13NO2/c1-7-6-9-8(11(13)14)4-3-5-10(9)12(7)2/h3-6,9-10H,1-2H3,(H,13,14). The van der Waals surface area contributed by atoms with Crippen molar-refractivity contribution >= 4 is 5.97 Å². The van der Waals surface area contributed by atoms with Crippen molar-refractivity contribution in [2.45, 2.75) is 13.0 Å². The van der Waals surface area contributed by atoms with Gasteiger partial charge in [0, 0.05) is 24.2 Å². The Bertz CT molecular complexity index is 365. The van der Waals surface area contributed by atoms with Crippen molar-refractivity contribution in [3.8, 4) is 0 Å². The van der Waals surface area contributed by atoms with Gasteiger partial charge in [-0.3, -0.25) is 0 Å². The number of carboxylic acids is 1. The zero-order chi connectivity index (χ0) is 10.3. The van der Waals surface area contributed by atoms with Crippen LogP contribution in [0.2, 0.25) is 0 Å². The van der Waals surface area contributed by atoms with Crippen LogP contribution in [-0.4, -0.2) is 29.1 Å². The third-order valence-electron chi connectivity index (χ3n) is 2.98. The van der Waals surface area contributed by atoms with Gasteiger partial charge < -0.3 is 10.0 Å². The highest BCUT2D eigenvalue weighted by molar-refractivity contribution is 5.89. The fourth-order valence-corrected chi connectivity index (χ4v) is 2.07. The maximum absolute atomic E-state index is 11.0. The maximum Gasteiger partial charge on any atom is 0.332 e. The van der Waals surface area contributed by atoms with E-state index in [1.165, 1.54) is 0 Å². The van der Waals surface area contributed by atoms with Crippen LogP contribution in [0.5, 0.6) is 0 Å². The summed E-state index contributed by atoms with van der Waals surface area (Å²) in [5.41, 5.74) is 1.62. The second-order valence-corrected chi connectivity index (χ2v) is 3.75. The molecule has 2 rings (SSSR count). The topological polar surface area (TPSA) is 40.5 Å². The number of hydrogen-bond acceptors (Lipinski definition) is 2. The van der Waals surface area contributed by atoms with Gasteiger partial charge >= 0.3 is 5.97 Å². The summed E-state index contributed by atoms with van der Waals surface area (Å²) in [7, 11) is 1.99. The molecule has 0 amide bonds. The number of nitrogens with zero attached hydrogens (tertiary/aromatic N) is 1. The van der Waals surface area contributed by atoms with E-state index < -0.39 is 5.97 Å². The van der Waals surface area contributed by atoms with Crippen molar-refractivity contribution in [1.29, 1.82) is 0 Å². The summed E-state index contributed by atoms with van der Waals surface area (Å²) < 4.78 is 0. The van der Waals surface area contributed by atoms with Gasteiger partial charge in [-0.2, -0.15) is 0 Å². The second-order valence-electron chi connectivity index (χ2n) is 3.75. The Hall–Kier alpha value is -1.51. The zero-order valence-corrected chi connectivity index (χ0v) is 8.27. The summed E-state index contributed by atoms with van der Waals surface area (Å²) in [6.07, 6.45) is 7.58. The quantitative estimate of drug-likeness (QED) is 0.681. The van der Waals surface area contributed by atoms with Gasteiger partial charge in [0.1, 0.15) is 0 Å². The lowest BCUT2D eigenvalue weighted by Gasteiger charge is -2.27. The fourth-order valence-electron chi connectivity index (χ4n) is 2.07. The average Bonchev–Trinajstić information content (AvgIpc) is 2.43. The predicted octanol–water partition coefficient (Wildman–Crippen LogP) is 1.40. The SMILES string of the molecule is CC1=CC2C(C(=O)O)=CC=CC2N1C. The lowest BCUT2D eigenvalue weighted by Crippen LogP contribution is -2.32. The van der Waals surface area contributed by atoms with Gasteiger partial charge in [0.25, 0.3) is 0 Å². The van der Waals surface area contributed by atoms with Crippen LogP contribution < -0.4 is 0 Å². The smallest absolute Gasteiger partial charge is 0.332 e. The number of hydrogen-bond donors (Lipinski definition) is 1. The molecule has 14 heavy (non-hydrogen) atoms. The van der Waals surface area contributed by atoms with Crippen molar-refractivity contribution in [3.63, 3.8) is 0 Å². The first-order valence-corrected chi connectivity index (χ1v) is 4.64. The molecule has 0 saturated carbocycles. The van der Waals surface area contributed by atoms with Gasteiger partial charge in [0.2, 0.25) is 0 Å². The minimum Gasteiger partial charge on any atom is -0.478 e. The van der Waals surface area contributed by atoms with Crippen LogP contribution in [0.15, 0.2) is 35.6 Å². The van der Waals surface area contributed by atoms with Crippen molar-refractivity contribution in [2.24, 2.45) is 5.92 Å². The second kappa shape index (κ2) is 3.01. The molecule has 1 aliphatic heterocycles. The van der Waals surface area contributed by atoms with Crippen LogP contribution in [0.1, 0.15) is 6.92 Å². The molecule has 2 aliphatic rings. The summed E-state index contributed by atoms with van der Waals surface area (Å²) in [5.74, 6) is -0.800. The number of fused-ring (bicyclic) bond motifs is 1. The molecule has 1 aliphatic carbocycles. The molecule has 3 nitrogen and oxygen atoms in total. The molecule has 0 radical (unpaired) electrons. The highest BCUT2D eigenvalue weighted by Gasteiger charge is 2.34. The number of carboxylic acid groups (broad SMARTS) is 1. The molecule has 0 fully saturated rings. The maximum atomic E-state index is 11.0. The first-order valence-electron chi connectivity index (χ1n) is 4.64. The molecule has 1 N–H and O–H groups in total. The molecular formula is C11H13NO2.